The van der Waals surface area contributed by atoms with Gasteiger partial charge in [-0.2, -0.15) is 0 Å². The Hall–Kier alpha value is -1.89. The number of carbonyl (C=O) groups is 2. The molecule has 2 rings (SSSR count). The number of hydrogen-bond acceptors (Lipinski definition) is 2. The second-order valence-electron chi connectivity index (χ2n) is 4.20. The second-order valence-corrected chi connectivity index (χ2v) is 5.36. The maximum atomic E-state index is 11.9. The summed E-state index contributed by atoms with van der Waals surface area (Å²) in [6, 6.07) is 14.0. The molecule has 0 aliphatic rings. The van der Waals surface area contributed by atoms with Crippen LogP contribution in [0.3, 0.4) is 0 Å². The average molecular weight is 380 g/mol. The standard InChI is InChI=1S/C15H13IN2O2/c1-10(19)11-5-4-6-12(9-11)17-15(20)18-14-8-3-2-7-13(14)16/h2-9H,1H3,(H2,17,18,20). The van der Waals surface area contributed by atoms with Crippen molar-refractivity contribution in [3.8, 4) is 0 Å². The van der Waals surface area contributed by atoms with Crippen molar-refractivity contribution in [2.24, 2.45) is 0 Å². The lowest BCUT2D eigenvalue weighted by molar-refractivity contribution is 0.101. The van der Waals surface area contributed by atoms with Crippen LogP contribution in [0.15, 0.2) is 48.5 Å². The largest absolute Gasteiger partial charge is 0.323 e. The first-order valence-corrected chi connectivity index (χ1v) is 7.07. The molecule has 20 heavy (non-hydrogen) atoms. The second kappa shape index (κ2) is 6.51. The first-order valence-electron chi connectivity index (χ1n) is 6.00. The predicted molar refractivity (Wildman–Crippen MR) is 88.2 cm³/mol. The summed E-state index contributed by atoms with van der Waals surface area (Å²) in [7, 11) is 0. The van der Waals surface area contributed by atoms with Gasteiger partial charge >= 0.3 is 6.03 Å². The van der Waals surface area contributed by atoms with E-state index in [1.54, 1.807) is 24.3 Å². The lowest BCUT2D eigenvalue weighted by Crippen LogP contribution is -2.20. The Morgan fingerprint density at radius 1 is 1.00 bits per heavy atom. The Bertz CT molecular complexity index is 656. The van der Waals surface area contributed by atoms with Crippen LogP contribution in [0, 0.1) is 3.57 Å². The number of ketones is 1. The predicted octanol–water partition coefficient (Wildman–Crippen LogP) is 4.14. The van der Waals surface area contributed by atoms with E-state index in [2.05, 4.69) is 33.2 Å². The van der Waals surface area contributed by atoms with E-state index in [1.165, 1.54) is 6.92 Å². The first-order chi connectivity index (χ1) is 9.56. The molecule has 2 amide bonds. The van der Waals surface area contributed by atoms with Crippen LogP contribution in [0.25, 0.3) is 0 Å². The molecule has 2 aromatic carbocycles. The zero-order valence-electron chi connectivity index (χ0n) is 10.8. The molecule has 0 aliphatic carbocycles. The fourth-order valence-electron chi connectivity index (χ4n) is 1.66. The molecule has 0 saturated heterocycles. The van der Waals surface area contributed by atoms with Gasteiger partial charge in [-0.3, -0.25) is 4.79 Å². The van der Waals surface area contributed by atoms with Gasteiger partial charge in [-0.25, -0.2) is 4.79 Å². The van der Waals surface area contributed by atoms with E-state index in [0.717, 1.165) is 9.26 Å². The van der Waals surface area contributed by atoms with E-state index < -0.39 is 0 Å². The summed E-state index contributed by atoms with van der Waals surface area (Å²) >= 11 is 2.15. The average Bonchev–Trinajstić information content (AvgIpc) is 2.41. The summed E-state index contributed by atoms with van der Waals surface area (Å²) < 4.78 is 0.956. The fourth-order valence-corrected chi connectivity index (χ4v) is 2.19. The third-order valence-corrected chi connectivity index (χ3v) is 3.59. The summed E-state index contributed by atoms with van der Waals surface area (Å²) in [5, 5.41) is 5.47. The van der Waals surface area contributed by atoms with Gasteiger partial charge < -0.3 is 10.6 Å². The summed E-state index contributed by atoms with van der Waals surface area (Å²) in [5.74, 6) is -0.0355. The molecule has 0 radical (unpaired) electrons. The Kier molecular flexibility index (Phi) is 4.73. The summed E-state index contributed by atoms with van der Waals surface area (Å²) in [6.07, 6.45) is 0. The molecule has 0 spiro atoms. The van der Waals surface area contributed by atoms with Gasteiger partial charge in [-0.1, -0.05) is 24.3 Å². The maximum Gasteiger partial charge on any atom is 0.323 e. The van der Waals surface area contributed by atoms with E-state index in [9.17, 15) is 9.59 Å². The van der Waals surface area contributed by atoms with E-state index in [0.29, 0.717) is 11.3 Å². The highest BCUT2D eigenvalue weighted by molar-refractivity contribution is 14.1. The van der Waals surface area contributed by atoms with Crippen LogP contribution < -0.4 is 10.6 Å². The highest BCUT2D eigenvalue weighted by Crippen LogP contribution is 2.17. The minimum Gasteiger partial charge on any atom is -0.308 e. The quantitative estimate of drug-likeness (QED) is 0.621. The van der Waals surface area contributed by atoms with Gasteiger partial charge in [0.05, 0.1) is 5.69 Å². The van der Waals surface area contributed by atoms with Gasteiger partial charge in [0.1, 0.15) is 0 Å². The first kappa shape index (κ1) is 14.5. The molecule has 0 atom stereocenters. The fraction of sp³-hybridized carbons (Fsp3) is 0.0667. The molecular weight excluding hydrogens is 367 g/mol. The molecule has 0 unspecified atom stereocenters. The van der Waals surface area contributed by atoms with Crippen molar-refractivity contribution in [3.63, 3.8) is 0 Å². The number of nitrogens with one attached hydrogen (secondary N) is 2. The molecular formula is C15H13IN2O2. The van der Waals surface area contributed by atoms with Crippen molar-refractivity contribution in [1.82, 2.24) is 0 Å². The highest BCUT2D eigenvalue weighted by atomic mass is 127. The van der Waals surface area contributed by atoms with Gasteiger partial charge in [0.15, 0.2) is 5.78 Å². The molecule has 0 saturated carbocycles. The number of anilines is 2. The molecule has 0 heterocycles. The Labute approximate surface area is 130 Å². The Morgan fingerprint density at radius 2 is 1.75 bits per heavy atom. The van der Waals surface area contributed by atoms with Crippen molar-refractivity contribution in [2.75, 3.05) is 10.6 Å². The number of halogens is 1. The van der Waals surface area contributed by atoms with E-state index in [-0.39, 0.29) is 11.8 Å². The van der Waals surface area contributed by atoms with Gasteiger partial charge in [-0.05, 0) is 53.8 Å². The highest BCUT2D eigenvalue weighted by Gasteiger charge is 2.06. The number of hydrogen-bond donors (Lipinski definition) is 2. The van der Waals surface area contributed by atoms with Crippen molar-refractivity contribution in [3.05, 3.63) is 57.7 Å². The maximum absolute atomic E-state index is 11.9. The van der Waals surface area contributed by atoms with Gasteiger partial charge in [-0.15, -0.1) is 0 Å². The lowest BCUT2D eigenvalue weighted by atomic mass is 10.1. The van der Waals surface area contributed by atoms with Gasteiger partial charge in [0.2, 0.25) is 0 Å². The van der Waals surface area contributed by atoms with Crippen molar-refractivity contribution < 1.29 is 9.59 Å². The number of carbonyl (C=O) groups excluding carboxylic acids is 2. The SMILES string of the molecule is CC(=O)c1cccc(NC(=O)Nc2ccccc2I)c1. The molecule has 102 valence electrons. The van der Waals surface area contributed by atoms with Crippen LogP contribution in [0.5, 0.6) is 0 Å². The van der Waals surface area contributed by atoms with Crippen LogP contribution >= 0.6 is 22.6 Å². The molecule has 2 N–H and O–H groups in total. The summed E-state index contributed by atoms with van der Waals surface area (Å²) in [5.41, 5.74) is 1.89. The Balaban J connectivity index is 2.07. The lowest BCUT2D eigenvalue weighted by Gasteiger charge is -2.09. The minimum atomic E-state index is -0.338. The molecule has 0 fully saturated rings. The van der Waals surface area contributed by atoms with Crippen LogP contribution in [0.1, 0.15) is 17.3 Å². The van der Waals surface area contributed by atoms with Gasteiger partial charge in [0, 0.05) is 14.8 Å². The van der Waals surface area contributed by atoms with Crippen molar-refractivity contribution in [2.45, 2.75) is 6.92 Å². The zero-order chi connectivity index (χ0) is 14.5. The van der Waals surface area contributed by atoms with Crippen molar-refractivity contribution >= 4 is 45.8 Å². The number of urea groups is 1. The van der Waals surface area contributed by atoms with Crippen molar-refractivity contribution in [1.29, 1.82) is 0 Å². The van der Waals surface area contributed by atoms with Gasteiger partial charge in [0.25, 0.3) is 0 Å². The number of amides is 2. The molecule has 0 aliphatic heterocycles. The molecule has 0 bridgehead atoms. The van der Waals surface area contributed by atoms with Crippen LogP contribution in [-0.2, 0) is 0 Å². The smallest absolute Gasteiger partial charge is 0.308 e. The monoisotopic (exact) mass is 380 g/mol. The minimum absolute atomic E-state index is 0.0355. The number of Topliss-reactive ketones (excluding diaryl/α,β-unsaturated/α-hetero) is 1. The molecule has 4 nitrogen and oxygen atoms in total. The normalized spacial score (nSPS) is 9.90. The summed E-state index contributed by atoms with van der Waals surface area (Å²) in [4.78, 5) is 23.2. The third-order valence-electron chi connectivity index (χ3n) is 2.65. The summed E-state index contributed by atoms with van der Waals surface area (Å²) in [6.45, 7) is 1.49. The van der Waals surface area contributed by atoms with E-state index >= 15 is 0 Å². The van der Waals surface area contributed by atoms with Crippen LogP contribution in [0.4, 0.5) is 16.2 Å². The topological polar surface area (TPSA) is 58.2 Å². The van der Waals surface area contributed by atoms with Crippen LogP contribution in [0.2, 0.25) is 0 Å². The molecule has 5 heteroatoms. The third kappa shape index (κ3) is 3.80. The van der Waals surface area contributed by atoms with Crippen LogP contribution in [-0.4, -0.2) is 11.8 Å². The Morgan fingerprint density at radius 3 is 2.45 bits per heavy atom. The zero-order valence-corrected chi connectivity index (χ0v) is 13.0. The van der Waals surface area contributed by atoms with E-state index in [1.807, 2.05) is 24.3 Å². The molecule has 0 aromatic heterocycles. The number of para-hydroxylation sites is 1. The number of rotatable bonds is 3. The van der Waals surface area contributed by atoms with E-state index in [4.69, 9.17) is 0 Å². The molecule has 2 aromatic rings. The number of benzene rings is 2.